The maximum absolute atomic E-state index is 12.6. The van der Waals surface area contributed by atoms with E-state index >= 15 is 0 Å². The van der Waals surface area contributed by atoms with Crippen molar-refractivity contribution in [3.63, 3.8) is 0 Å². The number of allylic oxidation sites excluding steroid dienone is 1. The summed E-state index contributed by atoms with van der Waals surface area (Å²) in [6.45, 7) is 3.14. The number of ether oxygens (including phenoxy) is 1. The third-order valence-electron chi connectivity index (χ3n) is 2.74. The van der Waals surface area contributed by atoms with Crippen LogP contribution in [0.25, 0.3) is 0 Å². The van der Waals surface area contributed by atoms with Gasteiger partial charge in [0.1, 0.15) is 12.4 Å². The molecule has 0 aliphatic carbocycles. The van der Waals surface area contributed by atoms with Crippen molar-refractivity contribution < 1.29 is 17.9 Å². The first-order valence-electron chi connectivity index (χ1n) is 6.31. The lowest BCUT2D eigenvalue weighted by atomic mass is 9.94. The second kappa shape index (κ2) is 6.63. The van der Waals surface area contributed by atoms with E-state index in [4.69, 9.17) is 16.2 Å². The van der Waals surface area contributed by atoms with Crippen LogP contribution in [0.5, 0.6) is 0 Å². The lowest BCUT2D eigenvalue weighted by Gasteiger charge is -2.27. The SMILES string of the molecule is Cc1nc(N)cnc1N=C/C=C(\N)OCC(C)(C)C(F)(F)F. The number of alkyl halides is 3. The number of rotatable bonds is 5. The van der Waals surface area contributed by atoms with Crippen molar-refractivity contribution in [3.05, 3.63) is 23.8 Å². The van der Waals surface area contributed by atoms with Crippen LogP contribution in [-0.2, 0) is 4.74 Å². The van der Waals surface area contributed by atoms with Crippen LogP contribution in [0.1, 0.15) is 19.5 Å². The lowest BCUT2D eigenvalue weighted by Crippen LogP contribution is -2.36. The summed E-state index contributed by atoms with van der Waals surface area (Å²) in [5, 5.41) is 0. The first-order valence-corrected chi connectivity index (χ1v) is 6.31. The summed E-state index contributed by atoms with van der Waals surface area (Å²) in [6.07, 6.45) is -0.528. The molecule has 0 saturated carbocycles. The minimum absolute atomic E-state index is 0.179. The lowest BCUT2D eigenvalue weighted by molar-refractivity contribution is -0.223. The van der Waals surface area contributed by atoms with Crippen LogP contribution in [-0.4, -0.2) is 29.0 Å². The summed E-state index contributed by atoms with van der Waals surface area (Å²) >= 11 is 0. The molecule has 9 heteroatoms. The summed E-state index contributed by atoms with van der Waals surface area (Å²) in [5.74, 6) is 0.417. The van der Waals surface area contributed by atoms with Gasteiger partial charge in [-0.15, -0.1) is 0 Å². The molecule has 0 amide bonds. The predicted molar refractivity (Wildman–Crippen MR) is 77.4 cm³/mol. The van der Waals surface area contributed by atoms with Gasteiger partial charge in [-0.05, 0) is 20.8 Å². The molecule has 1 aromatic rings. The summed E-state index contributed by atoms with van der Waals surface area (Å²) in [6, 6.07) is 0. The van der Waals surface area contributed by atoms with E-state index in [2.05, 4.69) is 15.0 Å². The molecule has 0 aliphatic heterocycles. The summed E-state index contributed by atoms with van der Waals surface area (Å²) in [5.41, 5.74) is 9.44. The van der Waals surface area contributed by atoms with Gasteiger partial charge in [0.25, 0.3) is 0 Å². The molecule has 22 heavy (non-hydrogen) atoms. The van der Waals surface area contributed by atoms with Crippen molar-refractivity contribution >= 4 is 17.9 Å². The highest BCUT2D eigenvalue weighted by Crippen LogP contribution is 2.37. The minimum Gasteiger partial charge on any atom is -0.478 e. The molecule has 122 valence electrons. The highest BCUT2D eigenvalue weighted by atomic mass is 19.4. The van der Waals surface area contributed by atoms with Crippen LogP contribution < -0.4 is 11.5 Å². The maximum atomic E-state index is 12.6. The number of nitrogen functional groups attached to an aromatic ring is 1. The van der Waals surface area contributed by atoms with E-state index in [0.29, 0.717) is 11.5 Å². The van der Waals surface area contributed by atoms with Crippen LogP contribution in [0.15, 0.2) is 23.1 Å². The topological polar surface area (TPSA) is 99.4 Å². The Kier molecular flexibility index (Phi) is 5.34. The first kappa shape index (κ1) is 17.7. The van der Waals surface area contributed by atoms with Gasteiger partial charge in [0.2, 0.25) is 0 Å². The average Bonchev–Trinajstić information content (AvgIpc) is 2.38. The molecule has 4 N–H and O–H groups in total. The molecule has 0 spiro atoms. The Bertz CT molecular complexity index is 582. The van der Waals surface area contributed by atoms with Gasteiger partial charge in [-0.1, -0.05) is 0 Å². The van der Waals surface area contributed by atoms with E-state index < -0.39 is 18.2 Å². The summed E-state index contributed by atoms with van der Waals surface area (Å²) in [7, 11) is 0. The molecule has 1 aromatic heterocycles. The predicted octanol–water partition coefficient (Wildman–Crippen LogP) is 2.47. The zero-order valence-corrected chi connectivity index (χ0v) is 12.5. The van der Waals surface area contributed by atoms with Gasteiger partial charge < -0.3 is 16.2 Å². The maximum Gasteiger partial charge on any atom is 0.397 e. The number of aliphatic imine (C=N–C) groups is 1. The molecule has 0 aliphatic rings. The Morgan fingerprint density at radius 2 is 2.05 bits per heavy atom. The number of anilines is 1. The highest BCUT2D eigenvalue weighted by molar-refractivity contribution is 5.74. The second-order valence-corrected chi connectivity index (χ2v) is 5.22. The smallest absolute Gasteiger partial charge is 0.397 e. The molecular formula is C13H18F3N5O. The van der Waals surface area contributed by atoms with Crippen LogP contribution in [0.2, 0.25) is 0 Å². The molecule has 0 bridgehead atoms. The van der Waals surface area contributed by atoms with E-state index in [-0.39, 0.29) is 11.7 Å². The van der Waals surface area contributed by atoms with Gasteiger partial charge in [-0.2, -0.15) is 13.2 Å². The van der Waals surface area contributed by atoms with Crippen LogP contribution >= 0.6 is 0 Å². The molecule has 1 rings (SSSR count). The van der Waals surface area contributed by atoms with E-state index in [0.717, 1.165) is 13.8 Å². The number of halogens is 3. The van der Waals surface area contributed by atoms with E-state index in [1.54, 1.807) is 6.92 Å². The number of hydrogen-bond donors (Lipinski definition) is 2. The standard InChI is InChI=1S/C13H18F3N5O/c1-8-11(20-6-9(17)21-8)19-5-4-10(18)22-7-12(2,3)13(14,15)16/h4-6H,7,18H2,1-3H3,(H2,17,21)/b10-4+,19-5?. The van der Waals surface area contributed by atoms with Crippen LogP contribution in [0, 0.1) is 12.3 Å². The quantitative estimate of drug-likeness (QED) is 0.642. The Hall–Kier alpha value is -2.32. The Morgan fingerprint density at radius 1 is 1.41 bits per heavy atom. The van der Waals surface area contributed by atoms with Crippen molar-refractivity contribution in [1.29, 1.82) is 0 Å². The third-order valence-corrected chi connectivity index (χ3v) is 2.74. The Balaban J connectivity index is 2.65. The van der Waals surface area contributed by atoms with Crippen molar-refractivity contribution in [2.75, 3.05) is 12.3 Å². The fourth-order valence-corrected chi connectivity index (χ4v) is 1.19. The molecule has 0 aromatic carbocycles. The van der Waals surface area contributed by atoms with Gasteiger partial charge >= 0.3 is 6.18 Å². The van der Waals surface area contributed by atoms with Crippen LogP contribution in [0.4, 0.5) is 24.8 Å². The van der Waals surface area contributed by atoms with Gasteiger partial charge in [0.05, 0.1) is 17.3 Å². The molecule has 0 unspecified atom stereocenters. The second-order valence-electron chi connectivity index (χ2n) is 5.22. The average molecular weight is 317 g/mol. The highest BCUT2D eigenvalue weighted by Gasteiger charge is 2.47. The first-order chi connectivity index (χ1) is 10.0. The molecule has 1 heterocycles. The zero-order chi connectivity index (χ0) is 17.0. The van der Waals surface area contributed by atoms with Crippen molar-refractivity contribution in [3.8, 4) is 0 Å². The molecule has 0 radical (unpaired) electrons. The fraction of sp³-hybridized carbons (Fsp3) is 0.462. The number of nitrogens with zero attached hydrogens (tertiary/aromatic N) is 3. The number of hydrogen-bond acceptors (Lipinski definition) is 6. The Morgan fingerprint density at radius 3 is 2.59 bits per heavy atom. The Labute approximate surface area is 126 Å². The molecule has 6 nitrogen and oxygen atoms in total. The number of aromatic nitrogens is 2. The minimum atomic E-state index is -4.38. The zero-order valence-electron chi connectivity index (χ0n) is 12.5. The van der Waals surface area contributed by atoms with Crippen molar-refractivity contribution in [1.82, 2.24) is 9.97 Å². The van der Waals surface area contributed by atoms with E-state index in [9.17, 15) is 13.2 Å². The normalized spacial score (nSPS) is 13.6. The molecule has 0 fully saturated rings. The van der Waals surface area contributed by atoms with Crippen LogP contribution in [0.3, 0.4) is 0 Å². The fourth-order valence-electron chi connectivity index (χ4n) is 1.19. The number of aryl methyl sites for hydroxylation is 1. The van der Waals surface area contributed by atoms with Gasteiger partial charge in [-0.25, -0.2) is 15.0 Å². The van der Waals surface area contributed by atoms with Gasteiger partial charge in [0.15, 0.2) is 11.7 Å². The monoisotopic (exact) mass is 317 g/mol. The van der Waals surface area contributed by atoms with E-state index in [1.165, 1.54) is 18.5 Å². The summed E-state index contributed by atoms with van der Waals surface area (Å²) < 4.78 is 42.8. The molecule has 0 atom stereocenters. The third kappa shape index (κ3) is 4.90. The molecular weight excluding hydrogens is 299 g/mol. The number of nitrogens with two attached hydrogens (primary N) is 2. The van der Waals surface area contributed by atoms with Gasteiger partial charge in [-0.3, -0.25) is 0 Å². The van der Waals surface area contributed by atoms with Crippen molar-refractivity contribution in [2.45, 2.75) is 26.9 Å². The molecule has 0 saturated heterocycles. The largest absolute Gasteiger partial charge is 0.478 e. The van der Waals surface area contributed by atoms with Gasteiger partial charge in [0, 0.05) is 12.3 Å². The summed E-state index contributed by atoms with van der Waals surface area (Å²) in [4.78, 5) is 11.9. The van der Waals surface area contributed by atoms with E-state index in [1.807, 2.05) is 0 Å². The van der Waals surface area contributed by atoms with Crippen molar-refractivity contribution in [2.24, 2.45) is 16.1 Å².